The average molecular weight is 516 g/mol. The van der Waals surface area contributed by atoms with Crippen molar-refractivity contribution in [2.75, 3.05) is 6.61 Å². The van der Waals surface area contributed by atoms with Crippen LogP contribution in [-0.4, -0.2) is 50.6 Å². The maximum absolute atomic E-state index is 13.5. The van der Waals surface area contributed by atoms with Crippen LogP contribution in [-0.2, 0) is 20.0 Å². The molecule has 3 rings (SSSR count). The lowest BCUT2D eigenvalue weighted by atomic mass is 9.99. The van der Waals surface area contributed by atoms with Crippen molar-refractivity contribution in [3.05, 3.63) is 23.8 Å². The van der Waals surface area contributed by atoms with Crippen molar-refractivity contribution in [3.8, 4) is 6.07 Å². The lowest BCUT2D eigenvalue weighted by Crippen LogP contribution is -2.36. The summed E-state index contributed by atoms with van der Waals surface area (Å²) in [6, 6.07) is 6.17. The summed E-state index contributed by atoms with van der Waals surface area (Å²) in [5.74, 6) is -0.0826. The van der Waals surface area contributed by atoms with Crippen molar-refractivity contribution in [1.29, 1.82) is 5.26 Å². The molecule has 1 fully saturated rings. The van der Waals surface area contributed by atoms with Gasteiger partial charge in [-0.15, -0.1) is 5.10 Å². The maximum Gasteiger partial charge on any atom is 0.418 e. The summed E-state index contributed by atoms with van der Waals surface area (Å²) >= 11 is 0. The zero-order valence-electron chi connectivity index (χ0n) is 20.9. The number of benzene rings is 1. The number of hydrogen-bond acceptors (Lipinski definition) is 7. The zero-order chi connectivity index (χ0) is 25.9. The van der Waals surface area contributed by atoms with Crippen LogP contribution in [0.1, 0.15) is 66.2 Å². The van der Waals surface area contributed by atoms with Crippen LogP contribution in [0.2, 0.25) is 0 Å². The van der Waals surface area contributed by atoms with Crippen LogP contribution in [0.25, 0.3) is 11.0 Å². The molecule has 35 heavy (non-hydrogen) atoms. The van der Waals surface area contributed by atoms with E-state index in [1.165, 1.54) is 10.7 Å². The minimum Gasteiger partial charge on any atom is -0.350 e. The van der Waals surface area contributed by atoms with Crippen molar-refractivity contribution in [3.63, 3.8) is 0 Å². The Morgan fingerprint density at radius 2 is 1.94 bits per heavy atom. The minimum absolute atomic E-state index is 0.0826. The third kappa shape index (κ3) is 5.95. The third-order valence-corrected chi connectivity index (χ3v) is 8.15. The monoisotopic (exact) mass is 515 g/mol. The van der Waals surface area contributed by atoms with E-state index in [-0.39, 0.29) is 48.2 Å². The molecule has 1 saturated heterocycles. The highest BCUT2D eigenvalue weighted by molar-refractivity contribution is 7.44. The van der Waals surface area contributed by atoms with Gasteiger partial charge in [-0.1, -0.05) is 25.1 Å². The molecule has 194 valence electrons. The molecule has 8 nitrogen and oxygen atoms in total. The Morgan fingerprint density at radius 1 is 1.26 bits per heavy atom. The van der Waals surface area contributed by atoms with Gasteiger partial charge in [-0.2, -0.15) is 18.4 Å². The van der Waals surface area contributed by atoms with E-state index in [1.54, 1.807) is 6.07 Å². The number of nitriles is 1. The van der Waals surface area contributed by atoms with E-state index in [4.69, 9.17) is 19.0 Å². The number of halogens is 3. The molecule has 1 aromatic heterocycles. The highest BCUT2D eigenvalue weighted by atomic mass is 31.2. The number of aromatic nitrogens is 3. The van der Waals surface area contributed by atoms with Gasteiger partial charge in [0.25, 0.3) is 8.53 Å². The van der Waals surface area contributed by atoms with Crippen molar-refractivity contribution < 1.29 is 27.0 Å². The van der Waals surface area contributed by atoms with Gasteiger partial charge in [0.15, 0.2) is 6.23 Å². The van der Waals surface area contributed by atoms with Crippen molar-refractivity contribution in [2.45, 2.75) is 91.1 Å². The lowest BCUT2D eigenvalue weighted by molar-refractivity contribution is -0.136. The molecule has 0 radical (unpaired) electrons. The first-order valence-electron chi connectivity index (χ1n) is 11.8. The Labute approximate surface area is 205 Å². The van der Waals surface area contributed by atoms with E-state index in [9.17, 15) is 13.2 Å². The highest BCUT2D eigenvalue weighted by Crippen LogP contribution is 2.52. The number of alkyl halides is 3. The molecule has 0 N–H and O–H groups in total. The smallest absolute Gasteiger partial charge is 0.350 e. The molecular formula is C23H33F3N5O3P. The van der Waals surface area contributed by atoms with E-state index in [2.05, 4.69) is 21.1 Å². The van der Waals surface area contributed by atoms with Crippen molar-refractivity contribution in [2.24, 2.45) is 5.92 Å². The van der Waals surface area contributed by atoms with Crippen LogP contribution >= 0.6 is 8.53 Å². The quantitative estimate of drug-likeness (QED) is 0.281. The summed E-state index contributed by atoms with van der Waals surface area (Å²) in [4.78, 5) is 0. The second-order valence-corrected chi connectivity index (χ2v) is 10.6. The first-order chi connectivity index (χ1) is 16.5. The Bertz CT molecular complexity index is 1020. The van der Waals surface area contributed by atoms with Crippen LogP contribution in [0.15, 0.2) is 18.2 Å². The molecule has 0 saturated carbocycles. The highest BCUT2D eigenvalue weighted by Gasteiger charge is 2.47. The number of rotatable bonds is 10. The van der Waals surface area contributed by atoms with Gasteiger partial charge in [0, 0.05) is 18.0 Å². The van der Waals surface area contributed by atoms with Gasteiger partial charge < -0.3 is 13.8 Å². The predicted octanol–water partition coefficient (Wildman–Crippen LogP) is 6.05. The van der Waals surface area contributed by atoms with Gasteiger partial charge in [0.05, 0.1) is 36.3 Å². The molecule has 5 atom stereocenters. The average Bonchev–Trinajstić information content (AvgIpc) is 3.33. The zero-order valence-corrected chi connectivity index (χ0v) is 21.8. The topological polar surface area (TPSA) is 85.4 Å². The van der Waals surface area contributed by atoms with Gasteiger partial charge in [-0.05, 0) is 46.2 Å². The number of hydrogen-bond donors (Lipinski definition) is 0. The van der Waals surface area contributed by atoms with E-state index in [0.717, 1.165) is 6.07 Å². The van der Waals surface area contributed by atoms with Crippen LogP contribution in [0.4, 0.5) is 13.2 Å². The minimum atomic E-state index is -4.55. The molecule has 12 heteroatoms. The van der Waals surface area contributed by atoms with Crippen LogP contribution < -0.4 is 0 Å². The fourth-order valence-corrected chi connectivity index (χ4v) is 6.25. The Kier molecular flexibility index (Phi) is 9.11. The lowest BCUT2D eigenvalue weighted by Gasteiger charge is -2.38. The molecule has 0 aliphatic carbocycles. The molecule has 1 aliphatic heterocycles. The Hall–Kier alpha value is -1.83. The molecular weight excluding hydrogens is 482 g/mol. The van der Waals surface area contributed by atoms with Crippen LogP contribution in [0, 0.1) is 17.2 Å². The number of ether oxygens (including phenoxy) is 1. The number of fused-ring (bicyclic) bond motifs is 1. The molecule has 0 spiro atoms. The Balaban J connectivity index is 2.01. The maximum atomic E-state index is 13.5. The largest absolute Gasteiger partial charge is 0.418 e. The summed E-state index contributed by atoms with van der Waals surface area (Å²) < 4.78 is 63.1. The molecule has 0 bridgehead atoms. The second kappa shape index (κ2) is 11.5. The summed E-state index contributed by atoms with van der Waals surface area (Å²) in [5.41, 5.74) is -0.847. The van der Waals surface area contributed by atoms with Crippen molar-refractivity contribution >= 4 is 19.6 Å². The fourth-order valence-electron chi connectivity index (χ4n) is 4.44. The molecule has 2 aromatic rings. The fraction of sp³-hybridized carbons (Fsp3) is 0.696. The van der Waals surface area contributed by atoms with Crippen molar-refractivity contribution in [1.82, 2.24) is 19.7 Å². The molecule has 1 aliphatic rings. The first kappa shape index (κ1) is 27.8. The standard InChI is InChI=1S/C23H33F3N5O3P/c1-7-19-16(6)21(34-35(32-13-9-12-27)31(14(2)3)15(4)5)22(33-19)30-18-11-8-10-17(23(24,25)26)20(18)28-29-30/h8,10-11,14-16,19,21-22H,7,9,13H2,1-6H3/t16-,19-,21-,22-,35?/m1/s1. The third-order valence-electron chi connectivity index (χ3n) is 6.03. The molecule has 1 unspecified atom stereocenters. The van der Waals surface area contributed by atoms with E-state index in [1.807, 2.05) is 41.5 Å². The van der Waals surface area contributed by atoms with Gasteiger partial charge in [-0.25, -0.2) is 9.35 Å². The van der Waals surface area contributed by atoms with E-state index in [0.29, 0.717) is 6.42 Å². The van der Waals surface area contributed by atoms with Gasteiger partial charge in [-0.3, -0.25) is 0 Å². The van der Waals surface area contributed by atoms with Crippen LogP contribution in [0.5, 0.6) is 0 Å². The van der Waals surface area contributed by atoms with E-state index >= 15 is 0 Å². The number of nitrogens with zero attached hydrogens (tertiary/aromatic N) is 5. The summed E-state index contributed by atoms with van der Waals surface area (Å²) in [6.45, 7) is 12.4. The molecule has 2 heterocycles. The van der Waals surface area contributed by atoms with Gasteiger partial charge >= 0.3 is 6.18 Å². The van der Waals surface area contributed by atoms with Gasteiger partial charge in [0.1, 0.15) is 11.6 Å². The Morgan fingerprint density at radius 3 is 2.51 bits per heavy atom. The normalized spacial score (nSPS) is 24.1. The first-order valence-corrected chi connectivity index (χ1v) is 13.0. The van der Waals surface area contributed by atoms with Crippen LogP contribution in [0.3, 0.4) is 0 Å². The molecule has 0 amide bonds. The van der Waals surface area contributed by atoms with Gasteiger partial charge in [0.2, 0.25) is 0 Å². The summed E-state index contributed by atoms with van der Waals surface area (Å²) in [7, 11) is -1.59. The summed E-state index contributed by atoms with van der Waals surface area (Å²) in [5, 5.41) is 16.9. The predicted molar refractivity (Wildman–Crippen MR) is 126 cm³/mol. The second-order valence-electron chi connectivity index (χ2n) is 9.15. The molecule has 1 aromatic carbocycles. The van der Waals surface area contributed by atoms with E-state index < -0.39 is 32.6 Å². The SMILES string of the molecule is CC[C@H]1O[C@@H](n2nnc3c(C(F)(F)F)cccc32)[C@H](OP(OCCC#N)N(C(C)C)C(C)C)[C@@H]1C. The summed E-state index contributed by atoms with van der Waals surface area (Å²) in [6.07, 6.45) is -5.15.